The highest BCUT2D eigenvalue weighted by atomic mass is 16.5. The van der Waals surface area contributed by atoms with E-state index in [2.05, 4.69) is 5.32 Å². The zero-order valence-corrected chi connectivity index (χ0v) is 8.79. The summed E-state index contributed by atoms with van der Waals surface area (Å²) in [5, 5.41) is 5.16. The second kappa shape index (κ2) is 5.67. The first-order valence-electron chi connectivity index (χ1n) is 5.06. The van der Waals surface area contributed by atoms with Gasteiger partial charge in [-0.3, -0.25) is 10.1 Å². The van der Waals surface area contributed by atoms with Gasteiger partial charge in [0, 0.05) is 6.54 Å². The number of piperidine rings is 1. The molecule has 2 unspecified atom stereocenters. The maximum absolute atomic E-state index is 11.3. The lowest BCUT2D eigenvalue weighted by molar-refractivity contribution is -0.134. The van der Waals surface area contributed by atoms with Gasteiger partial charge in [-0.15, -0.1) is 0 Å². The van der Waals surface area contributed by atoms with Gasteiger partial charge in [0.25, 0.3) is 5.91 Å². The fraction of sp³-hybridized carbons (Fsp3) is 0.778. The molecule has 0 aromatic carbocycles. The van der Waals surface area contributed by atoms with Crippen LogP contribution >= 0.6 is 0 Å². The zero-order chi connectivity index (χ0) is 11.3. The Balaban J connectivity index is 2.29. The van der Waals surface area contributed by atoms with Crippen molar-refractivity contribution in [2.24, 2.45) is 5.73 Å². The Morgan fingerprint density at radius 1 is 1.60 bits per heavy atom. The molecule has 0 aliphatic carbocycles. The summed E-state index contributed by atoms with van der Waals surface area (Å²) >= 11 is 0. The molecule has 0 saturated carbocycles. The Bertz CT molecular complexity index is 239. The van der Waals surface area contributed by atoms with Gasteiger partial charge in [0.1, 0.15) is 6.10 Å². The first kappa shape index (κ1) is 11.9. The van der Waals surface area contributed by atoms with Crippen LogP contribution in [0.3, 0.4) is 0 Å². The summed E-state index contributed by atoms with van der Waals surface area (Å²) in [5.74, 6) is -0.493. The molecule has 1 fully saturated rings. The molecule has 4 N–H and O–H groups in total. The van der Waals surface area contributed by atoms with Gasteiger partial charge in [-0.2, -0.15) is 0 Å². The second-order valence-electron chi connectivity index (χ2n) is 3.60. The molecule has 0 radical (unpaired) electrons. The van der Waals surface area contributed by atoms with Crippen molar-refractivity contribution in [3.8, 4) is 0 Å². The summed E-state index contributed by atoms with van der Waals surface area (Å²) in [7, 11) is 0. The van der Waals surface area contributed by atoms with E-state index in [1.807, 2.05) is 5.32 Å². The molecule has 1 rings (SSSR count). The van der Waals surface area contributed by atoms with Crippen LogP contribution in [0.25, 0.3) is 0 Å². The van der Waals surface area contributed by atoms with Gasteiger partial charge in [0.15, 0.2) is 0 Å². The Kier molecular flexibility index (Phi) is 4.51. The molecule has 0 aromatic heterocycles. The van der Waals surface area contributed by atoms with Gasteiger partial charge < -0.3 is 15.8 Å². The molecule has 0 bridgehead atoms. The minimum atomic E-state index is -0.850. The summed E-state index contributed by atoms with van der Waals surface area (Å²) in [6, 6.07) is -0.850. The van der Waals surface area contributed by atoms with Crippen LogP contribution < -0.4 is 16.4 Å². The number of hydrogen-bond acceptors (Lipinski definition) is 4. The maximum Gasteiger partial charge on any atom is 0.318 e. The molecule has 1 aliphatic heterocycles. The van der Waals surface area contributed by atoms with Crippen molar-refractivity contribution in [3.05, 3.63) is 0 Å². The first-order chi connectivity index (χ1) is 7.09. The number of imide groups is 1. The number of carbonyl (C=O) groups excluding carboxylic acids is 2. The van der Waals surface area contributed by atoms with E-state index in [1.165, 1.54) is 0 Å². The Morgan fingerprint density at radius 3 is 2.87 bits per heavy atom. The van der Waals surface area contributed by atoms with Crippen LogP contribution in [0.2, 0.25) is 0 Å². The molecule has 15 heavy (non-hydrogen) atoms. The number of ether oxygens (including phenoxy) is 1. The monoisotopic (exact) mass is 215 g/mol. The minimum Gasteiger partial charge on any atom is -0.364 e. The fourth-order valence-corrected chi connectivity index (χ4v) is 1.51. The molecule has 2 atom stereocenters. The van der Waals surface area contributed by atoms with Crippen LogP contribution in [0.4, 0.5) is 4.79 Å². The highest BCUT2D eigenvalue weighted by Crippen LogP contribution is 2.08. The van der Waals surface area contributed by atoms with Crippen LogP contribution in [-0.2, 0) is 9.53 Å². The average Bonchev–Trinajstić information content (AvgIpc) is 2.18. The smallest absolute Gasteiger partial charge is 0.318 e. The SMILES string of the molecule is CC(OC1CCCNC1)C(=O)NC(N)=O. The van der Waals surface area contributed by atoms with E-state index in [-0.39, 0.29) is 6.10 Å². The number of rotatable bonds is 3. The quantitative estimate of drug-likeness (QED) is 0.582. The Hall–Kier alpha value is -1.14. The van der Waals surface area contributed by atoms with Gasteiger partial charge in [-0.1, -0.05) is 0 Å². The topological polar surface area (TPSA) is 93.4 Å². The second-order valence-corrected chi connectivity index (χ2v) is 3.60. The standard InChI is InChI=1S/C9H17N3O3/c1-6(8(13)12-9(10)14)15-7-3-2-4-11-5-7/h6-7,11H,2-5H2,1H3,(H3,10,12,13,14). The van der Waals surface area contributed by atoms with E-state index < -0.39 is 18.0 Å². The van der Waals surface area contributed by atoms with Crippen molar-refractivity contribution in [2.45, 2.75) is 32.0 Å². The van der Waals surface area contributed by atoms with E-state index in [9.17, 15) is 9.59 Å². The van der Waals surface area contributed by atoms with E-state index in [1.54, 1.807) is 6.92 Å². The first-order valence-corrected chi connectivity index (χ1v) is 5.06. The molecule has 1 aliphatic rings. The molecular formula is C9H17N3O3. The summed E-state index contributed by atoms with van der Waals surface area (Å²) in [4.78, 5) is 21.7. The lowest BCUT2D eigenvalue weighted by Gasteiger charge is -2.25. The van der Waals surface area contributed by atoms with Crippen molar-refractivity contribution < 1.29 is 14.3 Å². The third-order valence-corrected chi connectivity index (χ3v) is 2.26. The highest BCUT2D eigenvalue weighted by Gasteiger charge is 2.21. The zero-order valence-electron chi connectivity index (χ0n) is 8.79. The molecule has 1 saturated heterocycles. The van der Waals surface area contributed by atoms with Gasteiger partial charge >= 0.3 is 6.03 Å². The number of nitrogens with one attached hydrogen (secondary N) is 2. The molecule has 3 amide bonds. The largest absolute Gasteiger partial charge is 0.364 e. The highest BCUT2D eigenvalue weighted by molar-refractivity contribution is 5.95. The summed E-state index contributed by atoms with van der Waals surface area (Å²) < 4.78 is 5.47. The third kappa shape index (κ3) is 4.26. The lowest BCUT2D eigenvalue weighted by Crippen LogP contribution is -2.45. The molecule has 0 spiro atoms. The average molecular weight is 215 g/mol. The van der Waals surface area contributed by atoms with E-state index in [4.69, 9.17) is 10.5 Å². The van der Waals surface area contributed by atoms with Gasteiger partial charge in [0.2, 0.25) is 0 Å². The minimum absolute atomic E-state index is 0.0346. The molecule has 6 heteroatoms. The molecular weight excluding hydrogens is 198 g/mol. The summed E-state index contributed by atoms with van der Waals surface area (Å²) in [6.45, 7) is 3.34. The van der Waals surface area contributed by atoms with Gasteiger partial charge in [-0.05, 0) is 26.3 Å². The van der Waals surface area contributed by atoms with Crippen molar-refractivity contribution >= 4 is 11.9 Å². The van der Waals surface area contributed by atoms with Gasteiger partial charge in [0.05, 0.1) is 6.10 Å². The number of nitrogens with two attached hydrogens (primary N) is 1. The van der Waals surface area contributed by atoms with Crippen molar-refractivity contribution in [3.63, 3.8) is 0 Å². The predicted molar refractivity (Wildman–Crippen MR) is 54.2 cm³/mol. The number of amides is 3. The van der Waals surface area contributed by atoms with Crippen molar-refractivity contribution in [1.82, 2.24) is 10.6 Å². The van der Waals surface area contributed by atoms with Crippen LogP contribution in [0.1, 0.15) is 19.8 Å². The lowest BCUT2D eigenvalue weighted by atomic mass is 10.1. The van der Waals surface area contributed by atoms with Crippen molar-refractivity contribution in [2.75, 3.05) is 13.1 Å². The summed E-state index contributed by atoms with van der Waals surface area (Å²) in [5.41, 5.74) is 4.83. The van der Waals surface area contributed by atoms with Crippen LogP contribution in [0.15, 0.2) is 0 Å². The normalized spacial score (nSPS) is 23.1. The van der Waals surface area contributed by atoms with Crippen LogP contribution in [0, 0.1) is 0 Å². The van der Waals surface area contributed by atoms with Crippen LogP contribution in [0.5, 0.6) is 0 Å². The van der Waals surface area contributed by atoms with Crippen LogP contribution in [-0.4, -0.2) is 37.2 Å². The molecule has 0 aromatic rings. The molecule has 86 valence electrons. The predicted octanol–water partition coefficient (Wildman–Crippen LogP) is -0.662. The number of urea groups is 1. The van der Waals surface area contributed by atoms with E-state index in [0.29, 0.717) is 0 Å². The molecule has 1 heterocycles. The maximum atomic E-state index is 11.3. The number of carbonyl (C=O) groups is 2. The molecule has 6 nitrogen and oxygen atoms in total. The summed E-state index contributed by atoms with van der Waals surface area (Å²) in [6.07, 6.45) is 1.35. The van der Waals surface area contributed by atoms with E-state index >= 15 is 0 Å². The van der Waals surface area contributed by atoms with Gasteiger partial charge in [-0.25, -0.2) is 4.79 Å². The number of primary amides is 1. The third-order valence-electron chi connectivity index (χ3n) is 2.26. The Morgan fingerprint density at radius 2 is 2.33 bits per heavy atom. The fourth-order valence-electron chi connectivity index (χ4n) is 1.51. The van der Waals surface area contributed by atoms with E-state index in [0.717, 1.165) is 25.9 Å². The Labute approximate surface area is 88.5 Å². The number of hydrogen-bond donors (Lipinski definition) is 3. The van der Waals surface area contributed by atoms with Crippen molar-refractivity contribution in [1.29, 1.82) is 0 Å².